The van der Waals surface area contributed by atoms with Crippen molar-refractivity contribution in [2.24, 2.45) is 11.8 Å². The lowest BCUT2D eigenvalue weighted by atomic mass is 9.55. The largest absolute Gasteiger partial charge is 0.302 e. The summed E-state index contributed by atoms with van der Waals surface area (Å²) in [5, 5.41) is 0. The van der Waals surface area contributed by atoms with Gasteiger partial charge >= 0.3 is 0 Å². The molecule has 3 unspecified atom stereocenters. The van der Waals surface area contributed by atoms with Crippen LogP contribution >= 0.6 is 0 Å². The Bertz CT molecular complexity index is 736. The van der Waals surface area contributed by atoms with Crippen molar-refractivity contribution in [1.29, 1.82) is 0 Å². The molecule has 152 valence electrons. The zero-order valence-electron chi connectivity index (χ0n) is 18.0. The fourth-order valence-corrected chi connectivity index (χ4v) is 5.71. The highest BCUT2D eigenvalue weighted by molar-refractivity contribution is 5.33. The molecule has 0 N–H and O–H groups in total. The van der Waals surface area contributed by atoms with Crippen LogP contribution in [0, 0.1) is 24.6 Å². The van der Waals surface area contributed by atoms with Crippen LogP contribution < -0.4 is 0 Å². The monoisotopic (exact) mass is 381 g/mol. The first-order chi connectivity index (χ1) is 13.5. The Morgan fingerprint density at radius 2 is 1.86 bits per heavy atom. The van der Waals surface area contributed by atoms with Crippen molar-refractivity contribution in [3.63, 3.8) is 0 Å². The molecular weight excluding hydrogens is 345 g/mol. The molecule has 0 spiro atoms. The molecule has 2 aromatic carbocycles. The molecule has 1 fully saturated rings. The lowest BCUT2D eigenvalue weighted by Crippen LogP contribution is -2.48. The third-order valence-corrected chi connectivity index (χ3v) is 6.87. The first-order valence-electron chi connectivity index (χ1n) is 11.0. The Balaban J connectivity index is 1.92. The van der Waals surface area contributed by atoms with Crippen molar-refractivity contribution < 1.29 is 4.39 Å². The fourth-order valence-electron chi connectivity index (χ4n) is 5.71. The van der Waals surface area contributed by atoms with Gasteiger partial charge in [-0.25, -0.2) is 4.39 Å². The van der Waals surface area contributed by atoms with Crippen molar-refractivity contribution >= 4 is 0 Å². The number of rotatable bonds is 7. The number of hydrogen-bond acceptors (Lipinski definition) is 1. The Hall–Kier alpha value is -1.67. The summed E-state index contributed by atoms with van der Waals surface area (Å²) in [5.41, 5.74) is 3.71. The molecule has 0 amide bonds. The standard InChI is InChI=1S/C26H36FN/c1-5-14-26(24-15-20(2)16-25(27)17-24)21(3)10-9-13-23(26)19-28(4)18-22-11-7-6-8-12-22/h6-8,11-12,15-17,21,23H,5,9-10,13-14,18-19H2,1-4H3. The predicted molar refractivity (Wildman–Crippen MR) is 117 cm³/mol. The van der Waals surface area contributed by atoms with Crippen molar-refractivity contribution in [2.75, 3.05) is 13.6 Å². The topological polar surface area (TPSA) is 3.24 Å². The second-order valence-electron chi connectivity index (χ2n) is 9.02. The maximum Gasteiger partial charge on any atom is 0.123 e. The zero-order chi connectivity index (χ0) is 20.1. The van der Waals surface area contributed by atoms with Crippen LogP contribution in [0.25, 0.3) is 0 Å². The molecule has 28 heavy (non-hydrogen) atoms. The summed E-state index contributed by atoms with van der Waals surface area (Å²) in [7, 11) is 2.24. The zero-order valence-corrected chi connectivity index (χ0v) is 18.0. The molecule has 2 aromatic rings. The van der Waals surface area contributed by atoms with Gasteiger partial charge in [-0.15, -0.1) is 0 Å². The molecular formula is C26H36FN. The predicted octanol–water partition coefficient (Wildman–Crippen LogP) is 6.74. The van der Waals surface area contributed by atoms with Crippen LogP contribution in [0.4, 0.5) is 4.39 Å². The number of hydrogen-bond donors (Lipinski definition) is 0. The van der Waals surface area contributed by atoms with Crippen molar-refractivity contribution in [3.8, 4) is 0 Å². The van der Waals surface area contributed by atoms with Crippen LogP contribution in [0.2, 0.25) is 0 Å². The minimum atomic E-state index is -0.0837. The van der Waals surface area contributed by atoms with Crippen molar-refractivity contribution in [2.45, 2.75) is 64.8 Å². The number of benzene rings is 2. The quantitative estimate of drug-likeness (QED) is 0.513. The highest BCUT2D eigenvalue weighted by Gasteiger charge is 2.46. The molecule has 1 aliphatic carbocycles. The van der Waals surface area contributed by atoms with Crippen LogP contribution in [-0.2, 0) is 12.0 Å². The van der Waals surface area contributed by atoms with E-state index < -0.39 is 0 Å². The summed E-state index contributed by atoms with van der Waals surface area (Å²) >= 11 is 0. The van der Waals surface area contributed by atoms with E-state index in [9.17, 15) is 4.39 Å². The fraction of sp³-hybridized carbons (Fsp3) is 0.538. The average molecular weight is 382 g/mol. The maximum atomic E-state index is 14.4. The number of nitrogens with zero attached hydrogens (tertiary/aromatic N) is 1. The summed E-state index contributed by atoms with van der Waals surface area (Å²) in [6.07, 6.45) is 6.04. The Morgan fingerprint density at radius 1 is 1.11 bits per heavy atom. The van der Waals surface area contributed by atoms with Crippen LogP contribution in [-0.4, -0.2) is 18.5 Å². The van der Waals surface area contributed by atoms with Crippen molar-refractivity contribution in [3.05, 3.63) is 71.0 Å². The highest BCUT2D eigenvalue weighted by atomic mass is 19.1. The van der Waals surface area contributed by atoms with E-state index in [-0.39, 0.29) is 11.2 Å². The van der Waals surface area contributed by atoms with E-state index in [1.54, 1.807) is 6.07 Å². The highest BCUT2D eigenvalue weighted by Crippen LogP contribution is 2.51. The second-order valence-corrected chi connectivity index (χ2v) is 9.02. The van der Waals surface area contributed by atoms with Gasteiger partial charge in [0.2, 0.25) is 0 Å². The van der Waals surface area contributed by atoms with E-state index in [0.29, 0.717) is 11.8 Å². The summed E-state index contributed by atoms with van der Waals surface area (Å²) < 4.78 is 14.4. The van der Waals surface area contributed by atoms with Crippen LogP contribution in [0.15, 0.2) is 48.5 Å². The van der Waals surface area contributed by atoms with Gasteiger partial charge in [0.25, 0.3) is 0 Å². The summed E-state index contributed by atoms with van der Waals surface area (Å²) in [4.78, 5) is 2.47. The van der Waals surface area contributed by atoms with Gasteiger partial charge in [0, 0.05) is 18.5 Å². The molecule has 0 heterocycles. The van der Waals surface area contributed by atoms with E-state index in [4.69, 9.17) is 0 Å². The molecule has 0 aromatic heterocycles. The Labute approximate surface area is 171 Å². The van der Waals surface area contributed by atoms with Crippen LogP contribution in [0.1, 0.15) is 62.6 Å². The Kier molecular flexibility index (Phi) is 6.93. The molecule has 0 bridgehead atoms. The van der Waals surface area contributed by atoms with Crippen LogP contribution in [0.3, 0.4) is 0 Å². The van der Waals surface area contributed by atoms with E-state index in [2.05, 4.69) is 62.2 Å². The first-order valence-corrected chi connectivity index (χ1v) is 11.0. The third-order valence-electron chi connectivity index (χ3n) is 6.87. The lowest BCUT2D eigenvalue weighted by Gasteiger charge is -2.51. The van der Waals surface area contributed by atoms with E-state index in [0.717, 1.165) is 31.5 Å². The smallest absolute Gasteiger partial charge is 0.123 e. The molecule has 1 nitrogen and oxygen atoms in total. The van der Waals surface area contributed by atoms with Gasteiger partial charge in [0.1, 0.15) is 5.82 Å². The first kappa shape index (κ1) is 21.0. The van der Waals surface area contributed by atoms with Gasteiger partial charge in [-0.2, -0.15) is 0 Å². The minimum absolute atomic E-state index is 0.0742. The molecule has 1 saturated carbocycles. The molecule has 0 saturated heterocycles. The molecule has 0 radical (unpaired) electrons. The van der Waals surface area contributed by atoms with Crippen LogP contribution in [0.5, 0.6) is 0 Å². The Morgan fingerprint density at radius 3 is 2.54 bits per heavy atom. The number of halogens is 1. The summed E-state index contributed by atoms with van der Waals surface area (Å²) in [5.74, 6) is 1.06. The van der Waals surface area contributed by atoms with Gasteiger partial charge in [0.15, 0.2) is 0 Å². The molecule has 3 rings (SSSR count). The van der Waals surface area contributed by atoms with E-state index in [1.807, 2.05) is 13.0 Å². The second kappa shape index (κ2) is 9.22. The van der Waals surface area contributed by atoms with E-state index in [1.165, 1.54) is 30.4 Å². The maximum absolute atomic E-state index is 14.4. The third kappa shape index (κ3) is 4.49. The lowest BCUT2D eigenvalue weighted by molar-refractivity contribution is 0.0734. The summed E-state index contributed by atoms with van der Waals surface area (Å²) in [6.45, 7) is 8.74. The van der Waals surface area contributed by atoms with Crippen molar-refractivity contribution in [1.82, 2.24) is 4.90 Å². The van der Waals surface area contributed by atoms with Gasteiger partial charge < -0.3 is 4.90 Å². The van der Waals surface area contributed by atoms with E-state index >= 15 is 0 Å². The molecule has 1 aliphatic rings. The molecule has 0 aliphatic heterocycles. The summed E-state index contributed by atoms with van der Waals surface area (Å²) in [6, 6.07) is 16.5. The molecule has 3 atom stereocenters. The normalized spacial score (nSPS) is 25.2. The SMILES string of the molecule is CCCC1(c2cc(C)cc(F)c2)C(C)CCCC1CN(C)Cc1ccccc1. The molecule has 2 heteroatoms. The minimum Gasteiger partial charge on any atom is -0.302 e. The average Bonchev–Trinajstić information content (AvgIpc) is 2.64. The van der Waals surface area contributed by atoms with Gasteiger partial charge in [-0.3, -0.25) is 0 Å². The van der Waals surface area contributed by atoms with Gasteiger partial charge in [-0.05, 0) is 73.9 Å². The van der Waals surface area contributed by atoms with Gasteiger partial charge in [-0.1, -0.05) is 63.1 Å². The number of aryl methyl sites for hydroxylation is 1. The van der Waals surface area contributed by atoms with Gasteiger partial charge in [0.05, 0.1) is 0 Å².